The van der Waals surface area contributed by atoms with Crippen LogP contribution >= 0.6 is 0 Å². The van der Waals surface area contributed by atoms with Gasteiger partial charge in [0.2, 0.25) is 5.91 Å². The number of aliphatic hydroxyl groups excluding tert-OH is 1. The molecule has 0 bridgehead atoms. The smallest absolute Gasteiger partial charge is 0.249 e. The molecule has 0 aromatic heterocycles. The maximum absolute atomic E-state index is 13.9. The molecule has 1 atom stereocenters. The van der Waals surface area contributed by atoms with Crippen LogP contribution in [-0.4, -0.2) is 22.7 Å². The first-order valence-corrected chi connectivity index (χ1v) is 11.0. The zero-order chi connectivity index (χ0) is 22.7. The maximum atomic E-state index is 13.9. The van der Waals surface area contributed by atoms with Crippen LogP contribution in [0.5, 0.6) is 0 Å². The lowest BCUT2D eigenvalue weighted by molar-refractivity contribution is -0.183. The van der Waals surface area contributed by atoms with Crippen molar-refractivity contribution in [2.75, 3.05) is 6.61 Å². The van der Waals surface area contributed by atoms with E-state index in [2.05, 4.69) is 0 Å². The van der Waals surface area contributed by atoms with Crippen molar-refractivity contribution in [2.24, 2.45) is 11.8 Å². The fourth-order valence-corrected chi connectivity index (χ4v) is 4.91. The predicted octanol–water partition coefficient (Wildman–Crippen LogP) is 4.58. The Morgan fingerprint density at radius 1 is 1.03 bits per heavy atom. The normalized spacial score (nSPS) is 23.2. The molecule has 1 saturated heterocycles. The van der Waals surface area contributed by atoms with Crippen molar-refractivity contribution in [1.29, 1.82) is 5.26 Å². The van der Waals surface area contributed by atoms with Crippen molar-refractivity contribution >= 4 is 5.91 Å². The minimum Gasteiger partial charge on any atom is -0.392 e. The molecule has 1 saturated carbocycles. The number of benzene rings is 2. The first kappa shape index (κ1) is 22.4. The second kappa shape index (κ2) is 9.76. The fraction of sp³-hybridized carbons (Fsp3) is 0.440. The second-order valence-corrected chi connectivity index (χ2v) is 8.73. The van der Waals surface area contributed by atoms with Gasteiger partial charge in [0.05, 0.1) is 30.9 Å². The largest absolute Gasteiger partial charge is 0.392 e. The van der Waals surface area contributed by atoms with E-state index in [4.69, 9.17) is 10.1 Å². The van der Waals surface area contributed by atoms with Gasteiger partial charge in [-0.25, -0.2) is 13.8 Å². The number of carbonyl (C=O) groups excluding carboxylic acids is 1. The van der Waals surface area contributed by atoms with E-state index in [1.807, 2.05) is 12.1 Å². The number of nitrogens with zero attached hydrogens (tertiary/aromatic N) is 2. The van der Waals surface area contributed by atoms with Crippen LogP contribution < -0.4 is 0 Å². The Hall–Kier alpha value is -2.82. The average molecular weight is 440 g/mol. The zero-order valence-corrected chi connectivity index (χ0v) is 17.8. The van der Waals surface area contributed by atoms with E-state index in [1.165, 1.54) is 29.3 Å². The Labute approximate surface area is 186 Å². The van der Waals surface area contributed by atoms with E-state index >= 15 is 0 Å². The predicted molar refractivity (Wildman–Crippen MR) is 113 cm³/mol. The monoisotopic (exact) mass is 440 g/mol. The summed E-state index contributed by atoms with van der Waals surface area (Å²) in [4.78, 5) is 18.8. The first-order chi connectivity index (χ1) is 15.5. The molecule has 7 heteroatoms. The molecule has 1 aliphatic heterocycles. The number of hydrogen-bond donors (Lipinski definition) is 1. The Morgan fingerprint density at radius 2 is 1.75 bits per heavy atom. The summed E-state index contributed by atoms with van der Waals surface area (Å²) in [6.45, 7) is 0.182. The third kappa shape index (κ3) is 4.98. The van der Waals surface area contributed by atoms with Crippen molar-refractivity contribution in [3.63, 3.8) is 0 Å². The second-order valence-electron chi connectivity index (χ2n) is 8.73. The zero-order valence-electron chi connectivity index (χ0n) is 17.8. The van der Waals surface area contributed by atoms with Crippen LogP contribution in [0.1, 0.15) is 60.4 Å². The summed E-state index contributed by atoms with van der Waals surface area (Å²) in [7, 11) is 0. The molecule has 4 rings (SSSR count). The lowest BCUT2D eigenvalue weighted by Crippen LogP contribution is -2.36. The summed E-state index contributed by atoms with van der Waals surface area (Å²) in [6.07, 6.45) is 4.39. The number of rotatable bonds is 5. The van der Waals surface area contributed by atoms with E-state index in [0.717, 1.165) is 24.8 Å². The van der Waals surface area contributed by atoms with Gasteiger partial charge in [-0.15, -0.1) is 0 Å². The number of nitriles is 1. The van der Waals surface area contributed by atoms with Gasteiger partial charge in [-0.1, -0.05) is 6.07 Å². The van der Waals surface area contributed by atoms with Crippen molar-refractivity contribution in [3.8, 4) is 6.07 Å². The summed E-state index contributed by atoms with van der Waals surface area (Å²) in [5.74, 6) is -0.757. The molecule has 0 spiro atoms. The Kier molecular flexibility index (Phi) is 6.83. The number of hydrogen-bond acceptors (Lipinski definition) is 4. The van der Waals surface area contributed by atoms with E-state index in [-0.39, 0.29) is 29.8 Å². The van der Waals surface area contributed by atoms with Crippen molar-refractivity contribution in [1.82, 2.24) is 5.06 Å². The van der Waals surface area contributed by atoms with Crippen molar-refractivity contribution in [3.05, 3.63) is 70.3 Å². The van der Waals surface area contributed by atoms with Crippen LogP contribution in [-0.2, 0) is 22.7 Å². The molecule has 1 heterocycles. The highest BCUT2D eigenvalue weighted by Gasteiger charge is 2.37. The molecule has 2 aromatic rings. The summed E-state index contributed by atoms with van der Waals surface area (Å²) in [5, 5.41) is 19.8. The SMILES string of the molecule is N#Cc1cc(F)cc([C@@H]2CCON2C(=O)C2CCC(Cc3cc(F)cc(CO)c3)CC2)c1. The van der Waals surface area contributed by atoms with Crippen molar-refractivity contribution < 1.29 is 23.5 Å². The Bertz CT molecular complexity index is 1030. The van der Waals surface area contributed by atoms with Crippen LogP contribution in [0.15, 0.2) is 36.4 Å². The molecule has 2 fully saturated rings. The molecule has 2 aromatic carbocycles. The maximum Gasteiger partial charge on any atom is 0.249 e. The van der Waals surface area contributed by atoms with Crippen LogP contribution in [0, 0.1) is 34.8 Å². The van der Waals surface area contributed by atoms with E-state index < -0.39 is 11.9 Å². The summed E-state index contributed by atoms with van der Waals surface area (Å²) in [5.41, 5.74) is 2.23. The van der Waals surface area contributed by atoms with Gasteiger partial charge in [-0.2, -0.15) is 5.26 Å². The first-order valence-electron chi connectivity index (χ1n) is 11.0. The lowest BCUT2D eigenvalue weighted by Gasteiger charge is -2.32. The highest BCUT2D eigenvalue weighted by atomic mass is 19.1. The van der Waals surface area contributed by atoms with Gasteiger partial charge in [-0.05, 0) is 85.0 Å². The van der Waals surface area contributed by atoms with Gasteiger partial charge >= 0.3 is 0 Å². The topological polar surface area (TPSA) is 73.6 Å². The fourth-order valence-electron chi connectivity index (χ4n) is 4.91. The molecular formula is C25H26F2N2O3. The standard InChI is InChI=1S/C25H26F2N2O3/c26-22-10-17(8-19(12-22)15-30)7-16-1-3-20(4-2-16)25(31)29-24(5-6-32-29)21-9-18(14-28)11-23(27)13-21/h8-13,16,20,24,30H,1-7,15H2/t16?,20?,24-/m0/s1. The highest BCUT2D eigenvalue weighted by Crippen LogP contribution is 2.37. The van der Waals surface area contributed by atoms with Gasteiger partial charge in [0.25, 0.3) is 0 Å². The van der Waals surface area contributed by atoms with E-state index in [1.54, 1.807) is 6.07 Å². The van der Waals surface area contributed by atoms with Crippen LogP contribution in [0.2, 0.25) is 0 Å². The molecule has 5 nitrogen and oxygen atoms in total. The third-order valence-corrected chi connectivity index (χ3v) is 6.48. The highest BCUT2D eigenvalue weighted by molar-refractivity contribution is 5.78. The van der Waals surface area contributed by atoms with Crippen LogP contribution in [0.4, 0.5) is 8.78 Å². The summed E-state index contributed by atoms with van der Waals surface area (Å²) in [6, 6.07) is 10.4. The molecule has 0 radical (unpaired) electrons. The number of halogens is 2. The number of hydroxylamine groups is 2. The minimum absolute atomic E-state index is 0.0953. The van der Waals surface area contributed by atoms with Gasteiger partial charge in [0, 0.05) is 12.3 Å². The molecule has 1 amide bonds. The molecule has 1 N–H and O–H groups in total. The van der Waals surface area contributed by atoms with Gasteiger partial charge in [0.1, 0.15) is 11.6 Å². The molecule has 1 aliphatic carbocycles. The summed E-state index contributed by atoms with van der Waals surface area (Å²) < 4.78 is 27.7. The third-order valence-electron chi connectivity index (χ3n) is 6.48. The lowest BCUT2D eigenvalue weighted by atomic mass is 9.78. The van der Waals surface area contributed by atoms with Crippen molar-refractivity contribution in [2.45, 2.75) is 51.2 Å². The van der Waals surface area contributed by atoms with E-state index in [0.29, 0.717) is 42.9 Å². The molecule has 0 unspecified atom stereocenters. The minimum atomic E-state index is -0.499. The Morgan fingerprint density at radius 3 is 2.47 bits per heavy atom. The number of carbonyl (C=O) groups is 1. The molecule has 32 heavy (non-hydrogen) atoms. The quantitative estimate of drug-likeness (QED) is 0.739. The average Bonchev–Trinajstić information content (AvgIpc) is 3.28. The number of aliphatic hydroxyl groups is 1. The van der Waals surface area contributed by atoms with Gasteiger partial charge in [-0.3, -0.25) is 9.63 Å². The molecule has 168 valence electrons. The molecular weight excluding hydrogens is 414 g/mol. The van der Waals surface area contributed by atoms with E-state index in [9.17, 15) is 18.7 Å². The van der Waals surface area contributed by atoms with Crippen LogP contribution in [0.3, 0.4) is 0 Å². The molecule has 2 aliphatic rings. The van der Waals surface area contributed by atoms with Crippen LogP contribution in [0.25, 0.3) is 0 Å². The van der Waals surface area contributed by atoms with Gasteiger partial charge in [0.15, 0.2) is 0 Å². The summed E-state index contributed by atoms with van der Waals surface area (Å²) >= 11 is 0. The Balaban J connectivity index is 1.38. The number of amides is 1. The van der Waals surface area contributed by atoms with Gasteiger partial charge < -0.3 is 5.11 Å².